The first kappa shape index (κ1) is 16.4. The minimum absolute atomic E-state index is 0.132. The summed E-state index contributed by atoms with van der Waals surface area (Å²) >= 11 is 3.07. The van der Waals surface area contributed by atoms with Crippen LogP contribution in [0.2, 0.25) is 0 Å². The molecule has 20 heavy (non-hydrogen) atoms. The van der Waals surface area contributed by atoms with Gasteiger partial charge < -0.3 is 15.3 Å². The number of nitro groups is 1. The zero-order chi connectivity index (χ0) is 15.5. The van der Waals surface area contributed by atoms with Gasteiger partial charge in [-0.2, -0.15) is 0 Å². The topological polar surface area (TPSA) is 95.7 Å². The van der Waals surface area contributed by atoms with Gasteiger partial charge in [-0.15, -0.1) is 0 Å². The molecule has 0 aromatic heterocycles. The number of carbonyl (C=O) groups is 1. The van der Waals surface area contributed by atoms with E-state index in [1.54, 1.807) is 19.9 Å². The van der Waals surface area contributed by atoms with Gasteiger partial charge in [0.25, 0.3) is 5.69 Å². The highest BCUT2D eigenvalue weighted by Gasteiger charge is 2.20. The van der Waals surface area contributed by atoms with Crippen molar-refractivity contribution in [1.82, 2.24) is 4.90 Å². The number of hydrogen-bond acceptors (Lipinski definition) is 4. The second-order valence-corrected chi connectivity index (χ2v) is 5.88. The molecule has 0 unspecified atom stereocenters. The molecule has 0 saturated heterocycles. The van der Waals surface area contributed by atoms with Crippen molar-refractivity contribution in [1.29, 1.82) is 0 Å². The highest BCUT2D eigenvalue weighted by atomic mass is 79.9. The third-order valence-electron chi connectivity index (χ3n) is 2.36. The number of aliphatic hydroxyl groups is 1. The SMILES string of the molecule is CN(CC(C)(C)O)C(=O)Nc1ccc(Br)c([N+](=O)[O-])c1. The summed E-state index contributed by atoms with van der Waals surface area (Å²) in [6, 6.07) is 3.85. The molecule has 0 aliphatic carbocycles. The number of anilines is 1. The maximum absolute atomic E-state index is 11.9. The number of rotatable bonds is 4. The Morgan fingerprint density at radius 1 is 1.55 bits per heavy atom. The molecule has 0 spiro atoms. The van der Waals surface area contributed by atoms with Crippen molar-refractivity contribution in [2.75, 3.05) is 18.9 Å². The third-order valence-corrected chi connectivity index (χ3v) is 3.04. The molecule has 0 saturated carbocycles. The first-order chi connectivity index (χ1) is 9.10. The van der Waals surface area contributed by atoms with Crippen LogP contribution < -0.4 is 5.32 Å². The number of carbonyl (C=O) groups excluding carboxylic acids is 1. The van der Waals surface area contributed by atoms with Gasteiger partial charge in [-0.3, -0.25) is 10.1 Å². The lowest BCUT2D eigenvalue weighted by Crippen LogP contribution is -2.41. The maximum Gasteiger partial charge on any atom is 0.321 e. The number of likely N-dealkylation sites (N-methyl/N-ethyl adjacent to an activating group) is 1. The fraction of sp³-hybridized carbons (Fsp3) is 0.417. The Labute approximate surface area is 124 Å². The average Bonchev–Trinajstić information content (AvgIpc) is 2.28. The van der Waals surface area contributed by atoms with Gasteiger partial charge in [0.15, 0.2) is 0 Å². The second-order valence-electron chi connectivity index (χ2n) is 5.02. The Morgan fingerprint density at radius 3 is 2.65 bits per heavy atom. The summed E-state index contributed by atoms with van der Waals surface area (Å²) in [5.74, 6) is 0. The van der Waals surface area contributed by atoms with E-state index in [4.69, 9.17) is 0 Å². The molecule has 1 aromatic rings. The normalized spacial score (nSPS) is 11.1. The van der Waals surface area contributed by atoms with Crippen molar-refractivity contribution in [3.05, 3.63) is 32.8 Å². The number of nitrogens with one attached hydrogen (secondary N) is 1. The number of halogens is 1. The number of hydrogen-bond donors (Lipinski definition) is 2. The Bertz CT molecular complexity index is 528. The minimum Gasteiger partial charge on any atom is -0.389 e. The highest BCUT2D eigenvalue weighted by Crippen LogP contribution is 2.27. The van der Waals surface area contributed by atoms with E-state index in [9.17, 15) is 20.0 Å². The Kier molecular flexibility index (Phi) is 5.07. The van der Waals surface area contributed by atoms with Crippen LogP contribution in [0.4, 0.5) is 16.2 Å². The molecule has 0 bridgehead atoms. The molecule has 7 nitrogen and oxygen atoms in total. The summed E-state index contributed by atoms with van der Waals surface area (Å²) in [6.07, 6.45) is 0. The predicted molar refractivity (Wildman–Crippen MR) is 78.7 cm³/mol. The van der Waals surface area contributed by atoms with Crippen LogP contribution in [0.25, 0.3) is 0 Å². The molecule has 0 aliphatic rings. The molecule has 0 fully saturated rings. The van der Waals surface area contributed by atoms with Crippen LogP contribution in [0.5, 0.6) is 0 Å². The monoisotopic (exact) mass is 345 g/mol. The summed E-state index contributed by atoms with van der Waals surface area (Å²) in [4.78, 5) is 23.4. The van der Waals surface area contributed by atoms with E-state index in [2.05, 4.69) is 21.2 Å². The number of nitrogens with zero attached hydrogens (tertiary/aromatic N) is 2. The molecule has 0 radical (unpaired) electrons. The molecule has 0 atom stereocenters. The van der Waals surface area contributed by atoms with Gasteiger partial charge in [0, 0.05) is 18.8 Å². The van der Waals surface area contributed by atoms with E-state index >= 15 is 0 Å². The van der Waals surface area contributed by atoms with E-state index in [1.807, 2.05) is 0 Å². The lowest BCUT2D eigenvalue weighted by atomic mass is 10.1. The zero-order valence-corrected chi connectivity index (χ0v) is 13.0. The lowest BCUT2D eigenvalue weighted by molar-refractivity contribution is -0.385. The van der Waals surface area contributed by atoms with Gasteiger partial charge in [-0.1, -0.05) is 0 Å². The van der Waals surface area contributed by atoms with Gasteiger partial charge in [-0.25, -0.2) is 4.79 Å². The van der Waals surface area contributed by atoms with Gasteiger partial charge in [0.1, 0.15) is 0 Å². The number of urea groups is 1. The predicted octanol–water partition coefficient (Wildman–Crippen LogP) is 2.59. The van der Waals surface area contributed by atoms with E-state index in [1.165, 1.54) is 24.1 Å². The van der Waals surface area contributed by atoms with Crippen molar-refractivity contribution in [3.8, 4) is 0 Å². The van der Waals surface area contributed by atoms with Gasteiger partial charge in [0.2, 0.25) is 0 Å². The molecule has 2 N–H and O–H groups in total. The van der Waals surface area contributed by atoms with E-state index in [0.717, 1.165) is 0 Å². The standard InChI is InChI=1S/C12H16BrN3O4/c1-12(2,18)7-15(3)11(17)14-8-4-5-9(13)10(6-8)16(19)20/h4-6,18H,7H2,1-3H3,(H,14,17). The van der Waals surface area contributed by atoms with Crippen molar-refractivity contribution in [3.63, 3.8) is 0 Å². The van der Waals surface area contributed by atoms with Crippen molar-refractivity contribution in [2.24, 2.45) is 0 Å². The number of benzene rings is 1. The van der Waals surface area contributed by atoms with Crippen LogP contribution in [-0.2, 0) is 0 Å². The molecule has 2 amide bonds. The van der Waals surface area contributed by atoms with Crippen molar-refractivity contribution >= 4 is 33.3 Å². The molecular formula is C12H16BrN3O4. The Hall–Kier alpha value is -1.67. The van der Waals surface area contributed by atoms with Crippen LogP contribution in [0, 0.1) is 10.1 Å². The fourth-order valence-electron chi connectivity index (χ4n) is 1.60. The zero-order valence-electron chi connectivity index (χ0n) is 11.4. The average molecular weight is 346 g/mol. The van der Waals surface area contributed by atoms with E-state index in [0.29, 0.717) is 10.2 Å². The minimum atomic E-state index is -1.02. The number of amides is 2. The summed E-state index contributed by atoms with van der Waals surface area (Å²) in [5.41, 5.74) is -0.835. The van der Waals surface area contributed by atoms with E-state index < -0.39 is 16.6 Å². The number of nitro benzene ring substituents is 1. The third kappa shape index (κ3) is 4.78. The molecule has 1 rings (SSSR count). The first-order valence-corrected chi connectivity index (χ1v) is 6.58. The molecular weight excluding hydrogens is 330 g/mol. The smallest absolute Gasteiger partial charge is 0.321 e. The quantitative estimate of drug-likeness (QED) is 0.647. The summed E-state index contributed by atoms with van der Waals surface area (Å²) < 4.78 is 0.338. The van der Waals surface area contributed by atoms with Crippen LogP contribution in [0.15, 0.2) is 22.7 Å². The van der Waals surface area contributed by atoms with Crippen molar-refractivity contribution in [2.45, 2.75) is 19.4 Å². The summed E-state index contributed by atoms with van der Waals surface area (Å²) in [5, 5.41) is 23.0. The fourth-order valence-corrected chi connectivity index (χ4v) is 1.99. The molecule has 1 aromatic carbocycles. The first-order valence-electron chi connectivity index (χ1n) is 5.78. The highest BCUT2D eigenvalue weighted by molar-refractivity contribution is 9.10. The summed E-state index contributed by atoms with van der Waals surface area (Å²) in [6.45, 7) is 3.31. The summed E-state index contributed by atoms with van der Waals surface area (Å²) in [7, 11) is 1.53. The van der Waals surface area contributed by atoms with Gasteiger partial charge >= 0.3 is 6.03 Å². The maximum atomic E-state index is 11.9. The molecule has 8 heteroatoms. The lowest BCUT2D eigenvalue weighted by Gasteiger charge is -2.25. The largest absolute Gasteiger partial charge is 0.389 e. The molecule has 0 aliphatic heterocycles. The Balaban J connectivity index is 2.81. The van der Waals surface area contributed by atoms with Gasteiger partial charge in [0.05, 0.1) is 21.5 Å². The van der Waals surface area contributed by atoms with Crippen LogP contribution in [0.3, 0.4) is 0 Å². The van der Waals surface area contributed by atoms with Crippen LogP contribution in [0.1, 0.15) is 13.8 Å². The molecule has 110 valence electrons. The van der Waals surface area contributed by atoms with E-state index in [-0.39, 0.29) is 12.2 Å². The Morgan fingerprint density at radius 2 is 2.15 bits per heavy atom. The molecule has 0 heterocycles. The van der Waals surface area contributed by atoms with Crippen LogP contribution in [-0.4, -0.2) is 40.2 Å². The van der Waals surface area contributed by atoms with Crippen LogP contribution >= 0.6 is 15.9 Å². The second kappa shape index (κ2) is 6.19. The van der Waals surface area contributed by atoms with Crippen molar-refractivity contribution < 1.29 is 14.8 Å². The van der Waals surface area contributed by atoms with Gasteiger partial charge in [-0.05, 0) is 41.9 Å².